The average Bonchev–Trinajstić information content (AvgIpc) is 3.40. The Balaban J connectivity index is 1.09. The van der Waals surface area contributed by atoms with Crippen LogP contribution in [0, 0.1) is 5.92 Å². The molecule has 5 rings (SSSR count). The number of nitrogens with zero attached hydrogens (tertiary/aromatic N) is 3. The second-order valence-corrected chi connectivity index (χ2v) is 9.78. The minimum atomic E-state index is 0.152. The van der Waals surface area contributed by atoms with Crippen LogP contribution in [0.25, 0.3) is 0 Å². The molecule has 2 aliphatic rings. The molecule has 0 aliphatic carbocycles. The Morgan fingerprint density at radius 3 is 1.94 bits per heavy atom. The van der Waals surface area contributed by atoms with Crippen molar-refractivity contribution in [3.05, 3.63) is 102 Å². The summed E-state index contributed by atoms with van der Waals surface area (Å²) in [7, 11) is 0. The van der Waals surface area contributed by atoms with E-state index in [1.807, 2.05) is 0 Å². The van der Waals surface area contributed by atoms with E-state index < -0.39 is 0 Å². The third-order valence-corrected chi connectivity index (χ3v) is 7.36. The van der Waals surface area contributed by atoms with E-state index in [2.05, 4.69) is 111 Å². The minimum Gasteiger partial charge on any atom is -0.371 e. The summed E-state index contributed by atoms with van der Waals surface area (Å²) >= 11 is 0. The van der Waals surface area contributed by atoms with Crippen molar-refractivity contribution in [2.45, 2.75) is 12.5 Å². The third kappa shape index (κ3) is 6.11. The van der Waals surface area contributed by atoms with Crippen LogP contribution in [-0.2, 0) is 4.79 Å². The molecular weight excluding hydrogens is 432 g/mol. The van der Waals surface area contributed by atoms with Gasteiger partial charge in [0.05, 0.1) is 12.6 Å². The van der Waals surface area contributed by atoms with Crippen LogP contribution in [0.4, 0.5) is 5.69 Å². The zero-order valence-corrected chi connectivity index (χ0v) is 20.4. The molecule has 35 heavy (non-hydrogen) atoms. The molecule has 1 N–H and O–H groups in total. The largest absolute Gasteiger partial charge is 0.371 e. The van der Waals surface area contributed by atoms with E-state index in [1.54, 1.807) is 0 Å². The number of nitrogens with one attached hydrogen (secondary N) is 1. The Morgan fingerprint density at radius 1 is 0.771 bits per heavy atom. The lowest BCUT2D eigenvalue weighted by molar-refractivity contribution is -0.122. The highest BCUT2D eigenvalue weighted by Gasteiger charge is 2.27. The number of hydrogen-bond donors (Lipinski definition) is 1. The summed E-state index contributed by atoms with van der Waals surface area (Å²) in [5, 5.41) is 3.21. The van der Waals surface area contributed by atoms with Crippen molar-refractivity contribution >= 4 is 11.6 Å². The molecule has 1 unspecified atom stereocenters. The van der Waals surface area contributed by atoms with Crippen LogP contribution in [0.2, 0.25) is 0 Å². The Hall–Kier alpha value is -3.15. The third-order valence-electron chi connectivity index (χ3n) is 7.36. The van der Waals surface area contributed by atoms with Crippen LogP contribution in [0.1, 0.15) is 23.6 Å². The lowest BCUT2D eigenvalue weighted by Crippen LogP contribution is -2.50. The van der Waals surface area contributed by atoms with Gasteiger partial charge in [-0.1, -0.05) is 78.9 Å². The Morgan fingerprint density at radius 2 is 1.34 bits per heavy atom. The van der Waals surface area contributed by atoms with Gasteiger partial charge in [0.2, 0.25) is 5.91 Å². The van der Waals surface area contributed by atoms with Gasteiger partial charge >= 0.3 is 0 Å². The summed E-state index contributed by atoms with van der Waals surface area (Å²) in [5.41, 5.74) is 3.93. The molecule has 1 atom stereocenters. The van der Waals surface area contributed by atoms with Crippen LogP contribution in [0.3, 0.4) is 0 Å². The number of piperazine rings is 1. The molecule has 0 spiro atoms. The van der Waals surface area contributed by atoms with Gasteiger partial charge in [-0.15, -0.1) is 0 Å². The standard InChI is InChI=1S/C30H36N4O/c35-29(31-22-25-16-17-34(23-25)28-14-8-3-9-15-28)24-32-18-20-33(21-19-32)30(26-10-4-1-5-11-26)27-12-6-2-7-13-27/h1-15,25,30H,16-24H2,(H,31,35). The summed E-state index contributed by atoms with van der Waals surface area (Å²) < 4.78 is 0. The van der Waals surface area contributed by atoms with Gasteiger partial charge < -0.3 is 10.2 Å². The molecular formula is C30H36N4O. The van der Waals surface area contributed by atoms with Crippen molar-refractivity contribution in [3.8, 4) is 0 Å². The van der Waals surface area contributed by atoms with Crippen molar-refractivity contribution in [3.63, 3.8) is 0 Å². The summed E-state index contributed by atoms with van der Waals surface area (Å²) in [6.45, 7) is 7.08. The highest BCUT2D eigenvalue weighted by atomic mass is 16.2. The van der Waals surface area contributed by atoms with Gasteiger partial charge in [-0.2, -0.15) is 0 Å². The number of benzene rings is 3. The zero-order valence-electron chi connectivity index (χ0n) is 20.4. The van der Waals surface area contributed by atoms with E-state index >= 15 is 0 Å². The number of hydrogen-bond acceptors (Lipinski definition) is 4. The van der Waals surface area contributed by atoms with Crippen LogP contribution in [0.15, 0.2) is 91.0 Å². The van der Waals surface area contributed by atoms with Gasteiger partial charge in [0.25, 0.3) is 0 Å². The maximum absolute atomic E-state index is 12.7. The predicted molar refractivity (Wildman–Crippen MR) is 143 cm³/mol. The highest BCUT2D eigenvalue weighted by Crippen LogP contribution is 2.29. The molecule has 1 amide bonds. The number of para-hydroxylation sites is 1. The first-order valence-electron chi connectivity index (χ1n) is 12.9. The smallest absolute Gasteiger partial charge is 0.234 e. The molecule has 2 heterocycles. The second kappa shape index (κ2) is 11.5. The maximum atomic E-state index is 12.7. The summed E-state index contributed by atoms with van der Waals surface area (Å²) in [6, 6.07) is 32.3. The van der Waals surface area contributed by atoms with Gasteiger partial charge in [-0.25, -0.2) is 0 Å². The molecule has 2 aliphatic heterocycles. The fraction of sp³-hybridized carbons (Fsp3) is 0.367. The van der Waals surface area contributed by atoms with Gasteiger partial charge in [0, 0.05) is 51.5 Å². The van der Waals surface area contributed by atoms with Crippen LogP contribution in [0.5, 0.6) is 0 Å². The van der Waals surface area contributed by atoms with E-state index in [0.29, 0.717) is 12.5 Å². The Kier molecular flexibility index (Phi) is 7.76. The van der Waals surface area contributed by atoms with Crippen molar-refractivity contribution in [1.82, 2.24) is 15.1 Å². The molecule has 2 saturated heterocycles. The average molecular weight is 469 g/mol. The quantitative estimate of drug-likeness (QED) is 0.542. The molecule has 0 radical (unpaired) electrons. The highest BCUT2D eigenvalue weighted by molar-refractivity contribution is 5.78. The number of carbonyl (C=O) groups excluding carboxylic acids is 1. The van der Waals surface area contributed by atoms with Gasteiger partial charge in [0.15, 0.2) is 0 Å². The van der Waals surface area contributed by atoms with E-state index in [9.17, 15) is 4.79 Å². The lowest BCUT2D eigenvalue weighted by atomic mass is 9.96. The van der Waals surface area contributed by atoms with Crippen molar-refractivity contribution in [1.29, 1.82) is 0 Å². The molecule has 5 nitrogen and oxygen atoms in total. The lowest BCUT2D eigenvalue weighted by Gasteiger charge is -2.39. The SMILES string of the molecule is O=C(CN1CCN(C(c2ccccc2)c2ccccc2)CC1)NCC1CCN(c2ccccc2)C1. The summed E-state index contributed by atoms with van der Waals surface area (Å²) in [5.74, 6) is 0.674. The van der Waals surface area contributed by atoms with E-state index in [4.69, 9.17) is 0 Å². The normalized spacial score (nSPS) is 19.2. The Labute approximate surface area is 209 Å². The topological polar surface area (TPSA) is 38.8 Å². The first-order chi connectivity index (χ1) is 17.3. The zero-order chi connectivity index (χ0) is 23.9. The van der Waals surface area contributed by atoms with Gasteiger partial charge in [-0.05, 0) is 35.6 Å². The van der Waals surface area contributed by atoms with Crippen LogP contribution in [-0.4, -0.2) is 68.1 Å². The van der Waals surface area contributed by atoms with E-state index in [1.165, 1.54) is 16.8 Å². The molecule has 0 aromatic heterocycles. The van der Waals surface area contributed by atoms with Gasteiger partial charge in [-0.3, -0.25) is 14.6 Å². The molecule has 3 aromatic rings. The number of anilines is 1. The van der Waals surface area contributed by atoms with E-state index in [-0.39, 0.29) is 11.9 Å². The van der Waals surface area contributed by atoms with Crippen LogP contribution >= 0.6 is 0 Å². The monoisotopic (exact) mass is 468 g/mol. The molecule has 0 saturated carbocycles. The van der Waals surface area contributed by atoms with E-state index in [0.717, 1.165) is 52.2 Å². The van der Waals surface area contributed by atoms with Gasteiger partial charge in [0.1, 0.15) is 0 Å². The molecule has 0 bridgehead atoms. The van der Waals surface area contributed by atoms with Crippen molar-refractivity contribution in [2.75, 3.05) is 57.3 Å². The molecule has 182 valence electrons. The molecule has 3 aromatic carbocycles. The first-order valence-corrected chi connectivity index (χ1v) is 12.9. The number of rotatable bonds is 8. The number of amides is 1. The fourth-order valence-corrected chi connectivity index (χ4v) is 5.45. The maximum Gasteiger partial charge on any atom is 0.234 e. The Bertz CT molecular complexity index is 1010. The van der Waals surface area contributed by atoms with Crippen molar-refractivity contribution < 1.29 is 4.79 Å². The second-order valence-electron chi connectivity index (χ2n) is 9.78. The summed E-state index contributed by atoms with van der Waals surface area (Å²) in [4.78, 5) is 20.0. The number of carbonyl (C=O) groups is 1. The first kappa shape index (κ1) is 23.6. The fourth-order valence-electron chi connectivity index (χ4n) is 5.45. The molecule has 2 fully saturated rings. The summed E-state index contributed by atoms with van der Waals surface area (Å²) in [6.07, 6.45) is 1.13. The van der Waals surface area contributed by atoms with Crippen LogP contribution < -0.4 is 10.2 Å². The molecule has 5 heteroatoms. The minimum absolute atomic E-state index is 0.152. The predicted octanol–water partition coefficient (Wildman–Crippen LogP) is 4.04. The van der Waals surface area contributed by atoms with Crippen molar-refractivity contribution in [2.24, 2.45) is 5.92 Å².